The van der Waals surface area contributed by atoms with Crippen molar-refractivity contribution < 1.29 is 4.74 Å². The van der Waals surface area contributed by atoms with Crippen molar-refractivity contribution in [2.75, 3.05) is 6.61 Å². The van der Waals surface area contributed by atoms with Gasteiger partial charge in [0.2, 0.25) is 0 Å². The molecule has 0 radical (unpaired) electrons. The molecule has 4 nitrogen and oxygen atoms in total. The van der Waals surface area contributed by atoms with Crippen LogP contribution < -0.4 is 0 Å². The van der Waals surface area contributed by atoms with Crippen LogP contribution in [0.4, 0.5) is 0 Å². The lowest BCUT2D eigenvalue weighted by Gasteiger charge is -2.22. The molecule has 6 heteroatoms. The normalized spacial score (nSPS) is 18.4. The number of fused-ring (bicyclic) bond motifs is 1. The number of rotatable bonds is 2. The van der Waals surface area contributed by atoms with Crippen molar-refractivity contribution in [3.8, 4) is 11.1 Å². The maximum absolute atomic E-state index is 6.44. The summed E-state index contributed by atoms with van der Waals surface area (Å²) in [6, 6.07) is 3.88. The molecule has 0 amide bonds. The van der Waals surface area contributed by atoms with Gasteiger partial charge in [-0.1, -0.05) is 29.3 Å². The largest absolute Gasteiger partial charge is 0.357 e. The van der Waals surface area contributed by atoms with E-state index in [9.17, 15) is 0 Å². The zero-order valence-electron chi connectivity index (χ0n) is 13.7. The third-order valence-electron chi connectivity index (χ3n) is 4.88. The van der Waals surface area contributed by atoms with Crippen molar-refractivity contribution in [3.63, 3.8) is 0 Å². The molecular formula is C18H19Cl2N3O. The minimum Gasteiger partial charge on any atom is -0.357 e. The minimum absolute atomic E-state index is 0.0424. The molecule has 3 heterocycles. The van der Waals surface area contributed by atoms with Crippen molar-refractivity contribution in [1.82, 2.24) is 14.3 Å². The quantitative estimate of drug-likeness (QED) is 0.613. The van der Waals surface area contributed by atoms with E-state index < -0.39 is 0 Å². The monoisotopic (exact) mass is 363 g/mol. The average Bonchev–Trinajstić information content (AvgIpc) is 3.16. The Bertz CT molecular complexity index is 907. The van der Waals surface area contributed by atoms with E-state index in [1.54, 1.807) is 0 Å². The molecule has 2 aromatic heterocycles. The fourth-order valence-corrected chi connectivity index (χ4v) is 3.97. The maximum Gasteiger partial charge on any atom is 0.150 e. The third kappa shape index (κ3) is 2.44. The number of aryl methyl sites for hydroxylation is 1. The molecule has 0 bridgehead atoms. The minimum atomic E-state index is 0.0424. The fourth-order valence-electron chi connectivity index (χ4n) is 3.52. The lowest BCUT2D eigenvalue weighted by atomic mass is 10.1. The Hall–Kier alpha value is -1.49. The molecule has 3 aromatic rings. The maximum atomic E-state index is 6.44. The van der Waals surface area contributed by atoms with E-state index in [1.165, 1.54) is 6.42 Å². The van der Waals surface area contributed by atoms with E-state index in [-0.39, 0.29) is 6.23 Å². The third-order valence-corrected chi connectivity index (χ3v) is 5.67. The first-order valence-electron chi connectivity index (χ1n) is 8.17. The van der Waals surface area contributed by atoms with Crippen LogP contribution in [0.5, 0.6) is 0 Å². The molecule has 24 heavy (non-hydrogen) atoms. The van der Waals surface area contributed by atoms with Crippen LogP contribution in [0.3, 0.4) is 0 Å². The van der Waals surface area contributed by atoms with Gasteiger partial charge in [0.15, 0.2) is 0 Å². The second-order valence-electron chi connectivity index (χ2n) is 6.31. The fraction of sp³-hybridized carbons (Fsp3) is 0.389. The Morgan fingerprint density at radius 3 is 2.83 bits per heavy atom. The van der Waals surface area contributed by atoms with Crippen LogP contribution in [-0.2, 0) is 11.8 Å². The SMILES string of the molecule is Cc1c(-c2cnn(C3CCCCO3)c2)c2ccc(Cl)c(Cl)c2n1C. The summed E-state index contributed by atoms with van der Waals surface area (Å²) < 4.78 is 9.85. The first-order valence-corrected chi connectivity index (χ1v) is 8.92. The predicted octanol–water partition coefficient (Wildman–Crippen LogP) is 5.36. The van der Waals surface area contributed by atoms with Crippen LogP contribution in [-0.4, -0.2) is 21.0 Å². The molecule has 0 N–H and O–H groups in total. The Morgan fingerprint density at radius 1 is 1.25 bits per heavy atom. The topological polar surface area (TPSA) is 32.0 Å². The summed E-state index contributed by atoms with van der Waals surface area (Å²) in [5.41, 5.74) is 4.32. The number of aromatic nitrogens is 3. The van der Waals surface area contributed by atoms with Gasteiger partial charge in [0.1, 0.15) is 6.23 Å². The molecule has 1 aliphatic rings. The highest BCUT2D eigenvalue weighted by atomic mass is 35.5. The molecule has 1 aliphatic heterocycles. The summed E-state index contributed by atoms with van der Waals surface area (Å²) in [5.74, 6) is 0. The van der Waals surface area contributed by atoms with Crippen LogP contribution in [0.2, 0.25) is 10.0 Å². The first kappa shape index (κ1) is 16.0. The number of hydrogen-bond acceptors (Lipinski definition) is 2. The number of halogens is 2. The van der Waals surface area contributed by atoms with Crippen LogP contribution in [0.1, 0.15) is 31.2 Å². The molecule has 0 spiro atoms. The van der Waals surface area contributed by atoms with Crippen molar-refractivity contribution in [1.29, 1.82) is 0 Å². The smallest absolute Gasteiger partial charge is 0.150 e. The Labute approximate surface area is 150 Å². The van der Waals surface area contributed by atoms with Crippen LogP contribution in [0.15, 0.2) is 24.5 Å². The van der Waals surface area contributed by atoms with Gasteiger partial charge in [-0.2, -0.15) is 5.10 Å². The molecule has 1 atom stereocenters. The van der Waals surface area contributed by atoms with Gasteiger partial charge in [0, 0.05) is 42.1 Å². The Balaban J connectivity index is 1.84. The number of hydrogen-bond donors (Lipinski definition) is 0. The summed E-state index contributed by atoms with van der Waals surface area (Å²) >= 11 is 12.6. The van der Waals surface area contributed by atoms with Gasteiger partial charge < -0.3 is 9.30 Å². The second kappa shape index (κ2) is 6.10. The highest BCUT2D eigenvalue weighted by molar-refractivity contribution is 6.45. The van der Waals surface area contributed by atoms with E-state index >= 15 is 0 Å². The molecule has 1 saturated heterocycles. The molecule has 0 aliphatic carbocycles. The number of ether oxygens (including phenoxy) is 1. The highest BCUT2D eigenvalue weighted by Gasteiger charge is 2.21. The molecule has 1 aromatic carbocycles. The van der Waals surface area contributed by atoms with Gasteiger partial charge in [0.25, 0.3) is 0 Å². The van der Waals surface area contributed by atoms with Crippen LogP contribution in [0, 0.1) is 6.92 Å². The number of benzene rings is 1. The molecule has 4 rings (SSSR count). The van der Waals surface area contributed by atoms with Crippen molar-refractivity contribution >= 4 is 34.1 Å². The van der Waals surface area contributed by atoms with Gasteiger partial charge in [-0.3, -0.25) is 0 Å². The zero-order chi connectivity index (χ0) is 16.8. The Kier molecular flexibility index (Phi) is 4.07. The van der Waals surface area contributed by atoms with Gasteiger partial charge in [-0.15, -0.1) is 0 Å². The van der Waals surface area contributed by atoms with Crippen molar-refractivity contribution in [2.45, 2.75) is 32.4 Å². The van der Waals surface area contributed by atoms with E-state index in [2.05, 4.69) is 22.8 Å². The molecule has 126 valence electrons. The predicted molar refractivity (Wildman–Crippen MR) is 97.7 cm³/mol. The molecular weight excluding hydrogens is 345 g/mol. The second-order valence-corrected chi connectivity index (χ2v) is 7.09. The van der Waals surface area contributed by atoms with Crippen LogP contribution >= 0.6 is 23.2 Å². The molecule has 0 saturated carbocycles. The zero-order valence-corrected chi connectivity index (χ0v) is 15.2. The van der Waals surface area contributed by atoms with Crippen molar-refractivity contribution in [3.05, 3.63) is 40.3 Å². The molecule has 1 unspecified atom stereocenters. The van der Waals surface area contributed by atoms with Crippen LogP contribution in [0.25, 0.3) is 22.0 Å². The summed E-state index contributed by atoms with van der Waals surface area (Å²) in [7, 11) is 2.01. The lowest BCUT2D eigenvalue weighted by Crippen LogP contribution is -2.18. The van der Waals surface area contributed by atoms with E-state index in [4.69, 9.17) is 27.9 Å². The Morgan fingerprint density at radius 2 is 2.08 bits per heavy atom. The van der Waals surface area contributed by atoms with Gasteiger partial charge in [0.05, 0.1) is 21.8 Å². The summed E-state index contributed by atoms with van der Waals surface area (Å²) in [6.07, 6.45) is 7.34. The van der Waals surface area contributed by atoms with Gasteiger partial charge in [-0.05, 0) is 32.3 Å². The van der Waals surface area contributed by atoms with E-state index in [0.29, 0.717) is 10.0 Å². The summed E-state index contributed by atoms with van der Waals surface area (Å²) in [6.45, 7) is 2.90. The average molecular weight is 364 g/mol. The van der Waals surface area contributed by atoms with Gasteiger partial charge in [-0.25, -0.2) is 4.68 Å². The van der Waals surface area contributed by atoms with Crippen molar-refractivity contribution in [2.24, 2.45) is 7.05 Å². The highest BCUT2D eigenvalue weighted by Crippen LogP contribution is 2.40. The summed E-state index contributed by atoms with van der Waals surface area (Å²) in [4.78, 5) is 0. The van der Waals surface area contributed by atoms with E-state index in [0.717, 1.165) is 47.2 Å². The number of nitrogens with zero attached hydrogens (tertiary/aromatic N) is 3. The molecule has 1 fully saturated rings. The lowest BCUT2D eigenvalue weighted by molar-refractivity contribution is -0.0394. The summed E-state index contributed by atoms with van der Waals surface area (Å²) in [5, 5.41) is 6.79. The first-order chi connectivity index (χ1) is 11.6. The standard InChI is InChI=1S/C18H19Cl2N3O/c1-11-16(13-6-7-14(19)17(20)18(13)22(11)2)12-9-21-23(10-12)15-5-3-4-8-24-15/h6-7,9-10,15H,3-5,8H2,1-2H3. The van der Waals surface area contributed by atoms with E-state index in [1.807, 2.05) is 30.1 Å². The van der Waals surface area contributed by atoms with Gasteiger partial charge >= 0.3 is 0 Å².